The molecule has 0 bridgehead atoms. The normalized spacial score (nSPS) is 14.2. The van der Waals surface area contributed by atoms with Gasteiger partial charge in [-0.25, -0.2) is 0 Å². The molecule has 134 valence electrons. The van der Waals surface area contributed by atoms with Crippen molar-refractivity contribution in [3.63, 3.8) is 0 Å². The smallest absolute Gasteiger partial charge is 0.0612 e. The van der Waals surface area contributed by atoms with Gasteiger partial charge in [0.05, 0.1) is 5.41 Å². The number of allylic oxidation sites excluding steroid dienone is 1. The molecule has 0 aliphatic carbocycles. The summed E-state index contributed by atoms with van der Waals surface area (Å²) in [6, 6.07) is 14.6. The lowest BCUT2D eigenvalue weighted by molar-refractivity contribution is -0.406. The summed E-state index contributed by atoms with van der Waals surface area (Å²) in [5.74, 6) is 0. The van der Waals surface area contributed by atoms with E-state index in [9.17, 15) is 0 Å². The number of para-hydroxylation sites is 1. The maximum Gasteiger partial charge on any atom is 0.502 e. The zero-order chi connectivity index (χ0) is 19.2. The lowest BCUT2D eigenvalue weighted by Crippen LogP contribution is -2.18. The van der Waals surface area contributed by atoms with E-state index in [-0.39, 0.29) is 5.41 Å². The van der Waals surface area contributed by atoms with Gasteiger partial charge >= 0.3 is 6.01 Å². The first-order chi connectivity index (χ1) is 12.1. The monoisotopic (exact) mass is 346 g/mol. The number of benzene rings is 2. The van der Waals surface area contributed by atoms with Gasteiger partial charge in [-0.05, 0) is 67.5 Å². The molecule has 1 aliphatic heterocycles. The van der Waals surface area contributed by atoms with Crippen molar-refractivity contribution in [1.82, 2.24) is 0 Å². The summed E-state index contributed by atoms with van der Waals surface area (Å²) in [5, 5.41) is 0. The van der Waals surface area contributed by atoms with Crippen molar-refractivity contribution in [3.05, 3.63) is 70.0 Å². The van der Waals surface area contributed by atoms with Crippen LogP contribution >= 0.6 is 0 Å². The van der Waals surface area contributed by atoms with Gasteiger partial charge in [0.25, 0.3) is 11.9 Å². The molecular formula is C24H30N2+2. The highest BCUT2D eigenvalue weighted by Gasteiger charge is 2.41. The zero-order valence-corrected chi connectivity index (χ0v) is 17.4. The molecule has 0 unspecified atom stereocenters. The number of aryl methyl sites for hydroxylation is 5. The van der Waals surface area contributed by atoms with Gasteiger partial charge in [0.15, 0.2) is 0 Å². The molecule has 0 spiro atoms. The molecule has 1 aliphatic rings. The van der Waals surface area contributed by atoms with Gasteiger partial charge in [-0.2, -0.15) is 0 Å². The van der Waals surface area contributed by atoms with Crippen molar-refractivity contribution in [2.24, 2.45) is 5.41 Å². The van der Waals surface area contributed by atoms with Crippen LogP contribution in [0.25, 0.3) is 0 Å². The standard InChI is InChI=1S/C24H30N2/c1-16-12-19(4)22(20(5)13-16)25-14-21(24(6,7)8)26(15-25)23-17(2)10-9-11-18(23)3/h9-14H,1-8H3/q+2. The van der Waals surface area contributed by atoms with Crippen LogP contribution in [0.3, 0.4) is 0 Å². The predicted octanol–water partition coefficient (Wildman–Crippen LogP) is 6.29. The first-order valence-corrected chi connectivity index (χ1v) is 9.31. The Morgan fingerprint density at radius 2 is 1.31 bits per heavy atom. The quantitative estimate of drug-likeness (QED) is 0.564. The van der Waals surface area contributed by atoms with Gasteiger partial charge in [-0.15, -0.1) is 0 Å². The number of hydrogen-bond acceptors (Lipinski definition) is 0. The molecule has 2 aromatic carbocycles. The van der Waals surface area contributed by atoms with Crippen molar-refractivity contribution < 1.29 is 9.15 Å². The third-order valence-electron chi connectivity index (χ3n) is 5.01. The number of hydrogen-bond donors (Lipinski definition) is 0. The highest BCUT2D eigenvalue weighted by atomic mass is 15.2. The molecule has 0 aromatic heterocycles. The lowest BCUT2D eigenvalue weighted by atomic mass is 9.91. The van der Waals surface area contributed by atoms with E-state index in [1.165, 1.54) is 44.9 Å². The Hall–Kier alpha value is -2.44. The van der Waals surface area contributed by atoms with E-state index < -0.39 is 0 Å². The molecule has 0 saturated carbocycles. The van der Waals surface area contributed by atoms with E-state index in [1.807, 2.05) is 0 Å². The second kappa shape index (κ2) is 6.37. The van der Waals surface area contributed by atoms with E-state index in [4.69, 9.17) is 0 Å². The minimum Gasteiger partial charge on any atom is -0.0612 e. The highest BCUT2D eigenvalue weighted by Crippen LogP contribution is 2.37. The molecule has 2 nitrogen and oxygen atoms in total. The summed E-state index contributed by atoms with van der Waals surface area (Å²) < 4.78 is 4.43. The van der Waals surface area contributed by atoms with Crippen LogP contribution in [0.2, 0.25) is 0 Å². The molecule has 0 N–H and O–H groups in total. The van der Waals surface area contributed by atoms with Crippen LogP contribution in [0.15, 0.2) is 42.2 Å². The molecular weight excluding hydrogens is 316 g/mol. The van der Waals surface area contributed by atoms with Crippen molar-refractivity contribution in [2.45, 2.75) is 55.4 Å². The third-order valence-corrected chi connectivity index (χ3v) is 5.01. The summed E-state index contributed by atoms with van der Waals surface area (Å²) in [5.41, 5.74) is 10.1. The Labute approximate surface area is 157 Å². The molecule has 0 atom stereocenters. The maximum absolute atomic E-state index is 3.64. The van der Waals surface area contributed by atoms with E-state index in [0.717, 1.165) is 0 Å². The fourth-order valence-corrected chi connectivity index (χ4v) is 3.90. The number of rotatable bonds is 2. The van der Waals surface area contributed by atoms with Gasteiger partial charge in [0.1, 0.15) is 0 Å². The summed E-state index contributed by atoms with van der Waals surface area (Å²) in [6.45, 7) is 17.7. The Kier molecular flexibility index (Phi) is 4.50. The predicted molar refractivity (Wildman–Crippen MR) is 109 cm³/mol. The van der Waals surface area contributed by atoms with Crippen molar-refractivity contribution in [1.29, 1.82) is 0 Å². The van der Waals surface area contributed by atoms with Crippen LogP contribution in [-0.2, 0) is 0 Å². The summed E-state index contributed by atoms with van der Waals surface area (Å²) >= 11 is 0. The van der Waals surface area contributed by atoms with E-state index in [2.05, 4.69) is 107 Å². The van der Waals surface area contributed by atoms with Gasteiger partial charge in [0, 0.05) is 22.3 Å². The fourth-order valence-electron chi connectivity index (χ4n) is 3.90. The Bertz CT molecular complexity index is 948. The Balaban J connectivity index is 2.33. The molecule has 0 saturated heterocycles. The highest BCUT2D eigenvalue weighted by molar-refractivity contribution is 5.55. The molecule has 0 amide bonds. The minimum atomic E-state index is 0.0168. The summed E-state index contributed by atoms with van der Waals surface area (Å²) in [6.07, 6.45) is 2.25. The van der Waals surface area contributed by atoms with Gasteiger partial charge in [-0.1, -0.05) is 32.9 Å². The van der Waals surface area contributed by atoms with Crippen LogP contribution in [-0.4, -0.2) is 15.2 Å². The summed E-state index contributed by atoms with van der Waals surface area (Å²) in [4.78, 5) is 0. The minimum absolute atomic E-state index is 0.0168. The average Bonchev–Trinajstić information content (AvgIpc) is 2.90. The van der Waals surface area contributed by atoms with Gasteiger partial charge in [0.2, 0.25) is 11.4 Å². The van der Waals surface area contributed by atoms with Crippen molar-refractivity contribution >= 4 is 17.4 Å². The molecule has 0 fully saturated rings. The molecule has 1 heterocycles. The largest absolute Gasteiger partial charge is 0.502 e. The third kappa shape index (κ3) is 3.18. The lowest BCUT2D eigenvalue weighted by Gasteiger charge is -2.14. The molecule has 0 radical (unpaired) electrons. The molecule has 2 aromatic rings. The Morgan fingerprint density at radius 1 is 0.769 bits per heavy atom. The Morgan fingerprint density at radius 3 is 1.81 bits per heavy atom. The van der Waals surface area contributed by atoms with Crippen LogP contribution in [0, 0.1) is 40.0 Å². The van der Waals surface area contributed by atoms with Gasteiger partial charge < -0.3 is 0 Å². The van der Waals surface area contributed by atoms with Crippen LogP contribution in [0.1, 0.15) is 48.6 Å². The SMILES string of the molecule is Cc1cc(C)c([N+]2=C=[N+](c3c(C)cccc3C)C(C(C)(C)C)=C2)c(C)c1. The van der Waals surface area contributed by atoms with E-state index >= 15 is 0 Å². The first-order valence-electron chi connectivity index (χ1n) is 9.31. The van der Waals surface area contributed by atoms with E-state index in [1.54, 1.807) is 0 Å². The van der Waals surface area contributed by atoms with Crippen molar-refractivity contribution in [2.75, 3.05) is 0 Å². The molecule has 3 rings (SSSR count). The summed E-state index contributed by atoms with van der Waals surface area (Å²) in [7, 11) is 0. The van der Waals surface area contributed by atoms with Crippen molar-refractivity contribution in [3.8, 4) is 0 Å². The average molecular weight is 347 g/mol. The molecule has 2 heteroatoms. The fraction of sp³-hybridized carbons (Fsp3) is 0.375. The van der Waals surface area contributed by atoms with Crippen LogP contribution in [0.5, 0.6) is 0 Å². The second-order valence-electron chi connectivity index (χ2n) is 8.56. The zero-order valence-electron chi connectivity index (χ0n) is 17.4. The molecule has 26 heavy (non-hydrogen) atoms. The first kappa shape index (κ1) is 18.4. The topological polar surface area (TPSA) is 6.02 Å². The van der Waals surface area contributed by atoms with Crippen LogP contribution in [0.4, 0.5) is 11.4 Å². The van der Waals surface area contributed by atoms with Gasteiger partial charge in [-0.3, -0.25) is 0 Å². The van der Waals surface area contributed by atoms with E-state index in [0.29, 0.717) is 0 Å². The maximum atomic E-state index is 3.64. The second-order valence-corrected chi connectivity index (χ2v) is 8.56. The van der Waals surface area contributed by atoms with Crippen LogP contribution < -0.4 is 0 Å². The number of nitrogens with zero attached hydrogens (tertiary/aromatic N) is 2.